The second kappa shape index (κ2) is 6.05. The Morgan fingerprint density at radius 1 is 1.19 bits per heavy atom. The maximum absolute atomic E-state index is 3.61. The normalized spacial score (nSPS) is 14.8. The van der Waals surface area contributed by atoms with Crippen LogP contribution in [0.2, 0.25) is 0 Å². The summed E-state index contributed by atoms with van der Waals surface area (Å²) in [7, 11) is 0. The maximum Gasteiger partial charge on any atom is 0.0294 e. The van der Waals surface area contributed by atoms with Crippen LogP contribution in [0.1, 0.15) is 49.9 Å². The van der Waals surface area contributed by atoms with E-state index in [9.17, 15) is 0 Å². The molecule has 16 heavy (non-hydrogen) atoms. The van der Waals surface area contributed by atoms with Gasteiger partial charge in [0, 0.05) is 6.04 Å². The van der Waals surface area contributed by atoms with E-state index in [1.807, 2.05) is 0 Å². The van der Waals surface area contributed by atoms with Crippen molar-refractivity contribution in [2.45, 2.75) is 47.1 Å². The lowest BCUT2D eigenvalue weighted by atomic mass is 9.99. The molecule has 1 heteroatoms. The van der Waals surface area contributed by atoms with Crippen molar-refractivity contribution in [3.63, 3.8) is 0 Å². The van der Waals surface area contributed by atoms with Crippen LogP contribution in [0.4, 0.5) is 0 Å². The number of nitrogens with one attached hydrogen (secondary N) is 1. The average Bonchev–Trinajstić information content (AvgIpc) is 2.25. The number of rotatable bonds is 5. The van der Waals surface area contributed by atoms with Gasteiger partial charge in [-0.2, -0.15) is 0 Å². The Labute approximate surface area is 100 Å². The summed E-state index contributed by atoms with van der Waals surface area (Å²) >= 11 is 0. The third-order valence-corrected chi connectivity index (χ3v) is 3.36. The van der Waals surface area contributed by atoms with Crippen LogP contribution in [0.25, 0.3) is 0 Å². The molecule has 2 unspecified atom stereocenters. The summed E-state index contributed by atoms with van der Waals surface area (Å²) in [5, 5.41) is 3.61. The number of hydrogen-bond acceptors (Lipinski definition) is 1. The highest BCUT2D eigenvalue weighted by molar-refractivity contribution is 5.32. The molecule has 0 aromatic heterocycles. The second-order valence-corrected chi connectivity index (χ2v) is 5.00. The smallest absolute Gasteiger partial charge is 0.0294 e. The van der Waals surface area contributed by atoms with Crippen molar-refractivity contribution >= 4 is 0 Å². The largest absolute Gasteiger partial charge is 0.310 e. The zero-order chi connectivity index (χ0) is 12.1. The third-order valence-electron chi connectivity index (χ3n) is 3.36. The molecule has 0 spiro atoms. The van der Waals surface area contributed by atoms with Gasteiger partial charge in [0.15, 0.2) is 0 Å². The monoisotopic (exact) mass is 219 g/mol. The minimum atomic E-state index is 0.453. The molecule has 90 valence electrons. The summed E-state index contributed by atoms with van der Waals surface area (Å²) in [4.78, 5) is 0. The van der Waals surface area contributed by atoms with Gasteiger partial charge < -0.3 is 5.32 Å². The van der Waals surface area contributed by atoms with Crippen molar-refractivity contribution in [3.05, 3.63) is 34.9 Å². The molecule has 0 saturated carbocycles. The van der Waals surface area contributed by atoms with Gasteiger partial charge in [0.1, 0.15) is 0 Å². The van der Waals surface area contributed by atoms with E-state index >= 15 is 0 Å². The Bertz CT molecular complexity index is 330. The van der Waals surface area contributed by atoms with Crippen LogP contribution in [-0.2, 0) is 0 Å². The Balaban J connectivity index is 2.62. The fourth-order valence-corrected chi connectivity index (χ4v) is 1.94. The molecule has 0 aliphatic heterocycles. The summed E-state index contributed by atoms with van der Waals surface area (Å²) in [5.74, 6) is 0.758. The van der Waals surface area contributed by atoms with Crippen LogP contribution < -0.4 is 5.32 Å². The molecule has 0 aliphatic carbocycles. The van der Waals surface area contributed by atoms with Gasteiger partial charge in [0.25, 0.3) is 0 Å². The molecule has 1 aromatic carbocycles. The van der Waals surface area contributed by atoms with Crippen molar-refractivity contribution in [2.24, 2.45) is 5.92 Å². The Morgan fingerprint density at radius 3 is 2.44 bits per heavy atom. The lowest BCUT2D eigenvalue weighted by Crippen LogP contribution is -2.24. The minimum absolute atomic E-state index is 0.453. The number of aryl methyl sites for hydroxylation is 2. The quantitative estimate of drug-likeness (QED) is 0.789. The van der Waals surface area contributed by atoms with E-state index in [1.165, 1.54) is 23.1 Å². The fourth-order valence-electron chi connectivity index (χ4n) is 1.94. The van der Waals surface area contributed by atoms with Gasteiger partial charge in [0.2, 0.25) is 0 Å². The number of hydrogen-bond donors (Lipinski definition) is 1. The minimum Gasteiger partial charge on any atom is -0.310 e. The molecule has 0 amide bonds. The Kier molecular flexibility index (Phi) is 5.01. The van der Waals surface area contributed by atoms with Crippen molar-refractivity contribution in [2.75, 3.05) is 6.54 Å². The summed E-state index contributed by atoms with van der Waals surface area (Å²) in [6, 6.07) is 7.16. The SMILES string of the molecule is CCC(C)CNC(C)c1ccc(C)cc1C. The van der Waals surface area contributed by atoms with Crippen LogP contribution in [0, 0.1) is 19.8 Å². The van der Waals surface area contributed by atoms with Crippen LogP contribution in [0.5, 0.6) is 0 Å². The van der Waals surface area contributed by atoms with Gasteiger partial charge in [0.05, 0.1) is 0 Å². The van der Waals surface area contributed by atoms with Crippen LogP contribution in [0.3, 0.4) is 0 Å². The van der Waals surface area contributed by atoms with Crippen molar-refractivity contribution < 1.29 is 0 Å². The highest BCUT2D eigenvalue weighted by Crippen LogP contribution is 2.18. The topological polar surface area (TPSA) is 12.0 Å². The molecular weight excluding hydrogens is 194 g/mol. The van der Waals surface area contributed by atoms with E-state index in [0.717, 1.165) is 12.5 Å². The second-order valence-electron chi connectivity index (χ2n) is 5.00. The van der Waals surface area contributed by atoms with E-state index in [4.69, 9.17) is 0 Å². The lowest BCUT2D eigenvalue weighted by molar-refractivity contribution is 0.460. The van der Waals surface area contributed by atoms with Crippen LogP contribution >= 0.6 is 0 Å². The first-order valence-corrected chi connectivity index (χ1v) is 6.35. The first kappa shape index (κ1) is 13.2. The van der Waals surface area contributed by atoms with E-state index in [0.29, 0.717) is 6.04 Å². The standard InChI is InChI=1S/C15H25N/c1-6-11(2)10-16-14(5)15-8-7-12(3)9-13(15)4/h7-9,11,14,16H,6,10H2,1-5H3. The van der Waals surface area contributed by atoms with Crippen LogP contribution in [0.15, 0.2) is 18.2 Å². The molecule has 0 aliphatic rings. The predicted octanol–water partition coefficient (Wildman–Crippen LogP) is 4.00. The molecule has 1 aromatic rings. The molecule has 1 rings (SSSR count). The highest BCUT2D eigenvalue weighted by Gasteiger charge is 2.08. The molecule has 0 radical (unpaired) electrons. The van der Waals surface area contributed by atoms with Gasteiger partial charge in [-0.3, -0.25) is 0 Å². The highest BCUT2D eigenvalue weighted by atomic mass is 14.9. The molecule has 0 fully saturated rings. The summed E-state index contributed by atoms with van der Waals surface area (Å²) < 4.78 is 0. The van der Waals surface area contributed by atoms with Crippen molar-refractivity contribution in [1.82, 2.24) is 5.32 Å². The maximum atomic E-state index is 3.61. The predicted molar refractivity (Wildman–Crippen MR) is 71.8 cm³/mol. The Morgan fingerprint density at radius 2 is 1.88 bits per heavy atom. The molecule has 1 nitrogen and oxygen atoms in total. The first-order valence-electron chi connectivity index (χ1n) is 6.35. The van der Waals surface area contributed by atoms with Crippen molar-refractivity contribution in [3.8, 4) is 0 Å². The fraction of sp³-hybridized carbons (Fsp3) is 0.600. The molecule has 0 bridgehead atoms. The first-order chi connectivity index (χ1) is 7.54. The van der Waals surface area contributed by atoms with E-state index in [-0.39, 0.29) is 0 Å². The Hall–Kier alpha value is -0.820. The van der Waals surface area contributed by atoms with Crippen molar-refractivity contribution in [1.29, 1.82) is 0 Å². The molecular formula is C15H25N. The van der Waals surface area contributed by atoms with E-state index in [1.54, 1.807) is 0 Å². The summed E-state index contributed by atoms with van der Waals surface area (Å²) in [5.41, 5.74) is 4.16. The molecule has 1 N–H and O–H groups in total. The zero-order valence-corrected chi connectivity index (χ0v) is 11.3. The van der Waals surface area contributed by atoms with Gasteiger partial charge in [-0.15, -0.1) is 0 Å². The molecule has 2 atom stereocenters. The van der Waals surface area contributed by atoms with E-state index < -0.39 is 0 Å². The van der Waals surface area contributed by atoms with Gasteiger partial charge in [-0.25, -0.2) is 0 Å². The third kappa shape index (κ3) is 3.64. The van der Waals surface area contributed by atoms with Gasteiger partial charge in [-0.1, -0.05) is 44.0 Å². The zero-order valence-electron chi connectivity index (χ0n) is 11.3. The summed E-state index contributed by atoms with van der Waals surface area (Å²) in [6.07, 6.45) is 1.24. The van der Waals surface area contributed by atoms with Crippen LogP contribution in [-0.4, -0.2) is 6.54 Å². The summed E-state index contributed by atoms with van der Waals surface area (Å²) in [6.45, 7) is 12.2. The lowest BCUT2D eigenvalue weighted by Gasteiger charge is -2.19. The molecule has 0 heterocycles. The van der Waals surface area contributed by atoms with Gasteiger partial charge in [-0.05, 0) is 44.4 Å². The number of benzene rings is 1. The molecule has 0 saturated heterocycles. The van der Waals surface area contributed by atoms with E-state index in [2.05, 4.69) is 58.1 Å². The average molecular weight is 219 g/mol. The van der Waals surface area contributed by atoms with Gasteiger partial charge >= 0.3 is 0 Å².